The molecule has 0 amide bonds. The van der Waals surface area contributed by atoms with Gasteiger partial charge in [0.05, 0.1) is 0 Å². The Morgan fingerprint density at radius 3 is 2.75 bits per heavy atom. The summed E-state index contributed by atoms with van der Waals surface area (Å²) in [7, 11) is 1.84. The van der Waals surface area contributed by atoms with Gasteiger partial charge in [0.1, 0.15) is 0 Å². The minimum Gasteiger partial charge on any atom is -0.329 e. The smallest absolute Gasteiger partial charge is 0.00850 e. The van der Waals surface area contributed by atoms with Gasteiger partial charge in [-0.25, -0.2) is 5.43 Å². The van der Waals surface area contributed by atoms with Crippen LogP contribution in [0.2, 0.25) is 0 Å². The fourth-order valence-corrected chi connectivity index (χ4v) is 0.392. The zero-order chi connectivity index (χ0) is 6.24. The first-order chi connectivity index (χ1) is 3.91. The van der Waals surface area contributed by atoms with E-state index in [4.69, 9.17) is 0 Å². The van der Waals surface area contributed by atoms with Crippen molar-refractivity contribution in [3.05, 3.63) is 12.3 Å². The molecule has 0 spiro atoms. The van der Waals surface area contributed by atoms with Gasteiger partial charge in [-0.1, -0.05) is 19.4 Å². The summed E-state index contributed by atoms with van der Waals surface area (Å²) in [5, 5.41) is 0. The second kappa shape index (κ2) is 6.50. The fraction of sp³-hybridized carbons (Fsp3) is 0.667. The molecule has 48 valence electrons. The highest BCUT2D eigenvalue weighted by atomic mass is 15.3. The van der Waals surface area contributed by atoms with Crippen LogP contribution in [-0.4, -0.2) is 7.05 Å². The summed E-state index contributed by atoms with van der Waals surface area (Å²) in [4.78, 5) is 0. The van der Waals surface area contributed by atoms with E-state index in [0.29, 0.717) is 0 Å². The second-order valence-corrected chi connectivity index (χ2v) is 1.59. The summed E-state index contributed by atoms with van der Waals surface area (Å²) in [6.07, 6.45) is 6.36. The Bertz CT molecular complexity index is 51.5. The molecule has 0 rings (SSSR count). The molecule has 0 atom stereocenters. The van der Waals surface area contributed by atoms with Gasteiger partial charge in [0.15, 0.2) is 0 Å². The first-order valence-corrected chi connectivity index (χ1v) is 2.99. The fourth-order valence-electron chi connectivity index (χ4n) is 0.392. The number of rotatable bonds is 4. The highest BCUT2D eigenvalue weighted by molar-refractivity contribution is 4.76. The van der Waals surface area contributed by atoms with Gasteiger partial charge < -0.3 is 5.43 Å². The Morgan fingerprint density at radius 2 is 2.25 bits per heavy atom. The van der Waals surface area contributed by atoms with Crippen molar-refractivity contribution in [3.8, 4) is 0 Å². The molecule has 0 aromatic heterocycles. The molecule has 0 unspecified atom stereocenters. The molecule has 0 saturated carbocycles. The lowest BCUT2D eigenvalue weighted by Crippen LogP contribution is -2.20. The van der Waals surface area contributed by atoms with Crippen molar-refractivity contribution in [2.45, 2.75) is 19.8 Å². The third-order valence-corrected chi connectivity index (χ3v) is 0.801. The number of unbranched alkanes of at least 4 members (excludes halogenated alkanes) is 1. The van der Waals surface area contributed by atoms with Crippen molar-refractivity contribution >= 4 is 0 Å². The molecule has 8 heavy (non-hydrogen) atoms. The molecule has 2 heteroatoms. The average Bonchev–Trinajstić information content (AvgIpc) is 1.81. The zero-order valence-electron chi connectivity index (χ0n) is 5.57. The second-order valence-electron chi connectivity index (χ2n) is 1.59. The van der Waals surface area contributed by atoms with Crippen molar-refractivity contribution in [3.63, 3.8) is 0 Å². The van der Waals surface area contributed by atoms with Gasteiger partial charge >= 0.3 is 0 Å². The minimum atomic E-state index is 1.15. The van der Waals surface area contributed by atoms with E-state index in [9.17, 15) is 0 Å². The van der Waals surface area contributed by atoms with Crippen LogP contribution in [0.15, 0.2) is 12.3 Å². The van der Waals surface area contributed by atoms with Crippen molar-refractivity contribution in [1.82, 2.24) is 10.9 Å². The zero-order valence-corrected chi connectivity index (χ0v) is 5.57. The van der Waals surface area contributed by atoms with Gasteiger partial charge in [-0.15, -0.1) is 0 Å². The third-order valence-electron chi connectivity index (χ3n) is 0.801. The molecule has 0 bridgehead atoms. The van der Waals surface area contributed by atoms with Crippen molar-refractivity contribution in [2.24, 2.45) is 0 Å². The third kappa shape index (κ3) is 5.50. The van der Waals surface area contributed by atoms with Crippen molar-refractivity contribution in [2.75, 3.05) is 7.05 Å². The molecule has 0 aliphatic heterocycles. The number of hydrazine groups is 1. The first kappa shape index (κ1) is 7.50. The Kier molecular flexibility index (Phi) is 6.09. The largest absolute Gasteiger partial charge is 0.329 e. The summed E-state index contributed by atoms with van der Waals surface area (Å²) < 4.78 is 0. The lowest BCUT2D eigenvalue weighted by molar-refractivity contribution is 0.726. The molecule has 0 aliphatic carbocycles. The van der Waals surface area contributed by atoms with E-state index in [1.54, 1.807) is 0 Å². The molecule has 0 aliphatic rings. The molecule has 0 aromatic carbocycles. The topological polar surface area (TPSA) is 24.1 Å². The lowest BCUT2D eigenvalue weighted by Gasteiger charge is -1.91. The molecular formula is C6H14N2. The maximum absolute atomic E-state index is 2.85. The Labute approximate surface area is 50.9 Å². The van der Waals surface area contributed by atoms with E-state index in [1.807, 2.05) is 13.2 Å². The van der Waals surface area contributed by atoms with Crippen LogP contribution in [0.4, 0.5) is 0 Å². The van der Waals surface area contributed by atoms with Gasteiger partial charge in [0.25, 0.3) is 0 Å². The maximum atomic E-state index is 2.85. The summed E-state index contributed by atoms with van der Waals surface area (Å²) in [5.41, 5.74) is 5.64. The van der Waals surface area contributed by atoms with Gasteiger partial charge in [-0.05, 0) is 6.42 Å². The first-order valence-electron chi connectivity index (χ1n) is 2.99. The van der Waals surface area contributed by atoms with E-state index >= 15 is 0 Å². The van der Waals surface area contributed by atoms with Crippen molar-refractivity contribution in [1.29, 1.82) is 0 Å². The van der Waals surface area contributed by atoms with E-state index < -0.39 is 0 Å². The van der Waals surface area contributed by atoms with Crippen LogP contribution in [0.25, 0.3) is 0 Å². The number of nitrogens with one attached hydrogen (secondary N) is 2. The summed E-state index contributed by atoms with van der Waals surface area (Å²) in [5.74, 6) is 0. The number of allylic oxidation sites excluding steroid dienone is 1. The van der Waals surface area contributed by atoms with Crippen LogP contribution in [0.5, 0.6) is 0 Å². The number of hydrogen-bond acceptors (Lipinski definition) is 2. The van der Waals surface area contributed by atoms with Crippen LogP contribution >= 0.6 is 0 Å². The molecule has 0 aromatic rings. The van der Waals surface area contributed by atoms with E-state index in [-0.39, 0.29) is 0 Å². The highest BCUT2D eigenvalue weighted by Crippen LogP contribution is 1.84. The molecule has 2 N–H and O–H groups in total. The minimum absolute atomic E-state index is 1.15. The summed E-state index contributed by atoms with van der Waals surface area (Å²) in [6.45, 7) is 2.16. The van der Waals surface area contributed by atoms with E-state index in [0.717, 1.165) is 6.42 Å². The van der Waals surface area contributed by atoms with Crippen LogP contribution in [-0.2, 0) is 0 Å². The van der Waals surface area contributed by atoms with E-state index in [1.165, 1.54) is 6.42 Å². The van der Waals surface area contributed by atoms with Gasteiger partial charge in [0, 0.05) is 13.2 Å². The summed E-state index contributed by atoms with van der Waals surface area (Å²) in [6, 6.07) is 0. The normalized spacial score (nSPS) is 10.2. The molecule has 0 fully saturated rings. The van der Waals surface area contributed by atoms with Gasteiger partial charge in [-0.2, -0.15) is 0 Å². The number of hydrogen-bond donors (Lipinski definition) is 2. The quantitative estimate of drug-likeness (QED) is 0.533. The molecule has 2 nitrogen and oxygen atoms in total. The van der Waals surface area contributed by atoms with Crippen LogP contribution in [0, 0.1) is 0 Å². The molecule has 0 heterocycles. The van der Waals surface area contributed by atoms with Gasteiger partial charge in [0.2, 0.25) is 0 Å². The van der Waals surface area contributed by atoms with Crippen LogP contribution in [0.3, 0.4) is 0 Å². The SMILES string of the molecule is CCC/C=C\NNC. The predicted molar refractivity (Wildman–Crippen MR) is 36.2 cm³/mol. The highest BCUT2D eigenvalue weighted by Gasteiger charge is 1.68. The average molecular weight is 114 g/mol. The van der Waals surface area contributed by atoms with Crippen LogP contribution < -0.4 is 10.9 Å². The van der Waals surface area contributed by atoms with Gasteiger partial charge in [-0.3, -0.25) is 0 Å². The van der Waals surface area contributed by atoms with E-state index in [2.05, 4.69) is 23.9 Å². The Hall–Kier alpha value is -0.500. The monoisotopic (exact) mass is 114 g/mol. The molecular weight excluding hydrogens is 100 g/mol. The Balaban J connectivity index is 2.83. The lowest BCUT2D eigenvalue weighted by atomic mass is 10.3. The van der Waals surface area contributed by atoms with Crippen molar-refractivity contribution < 1.29 is 0 Å². The maximum Gasteiger partial charge on any atom is 0.00850 e. The van der Waals surface area contributed by atoms with Crippen LogP contribution in [0.1, 0.15) is 19.8 Å². The Morgan fingerprint density at radius 1 is 1.50 bits per heavy atom. The summed E-state index contributed by atoms with van der Waals surface area (Å²) >= 11 is 0. The molecule has 0 radical (unpaired) electrons. The molecule has 0 saturated heterocycles. The standard InChI is InChI=1S/C6H14N2/c1-3-4-5-6-8-7-2/h5-8H,3-4H2,1-2H3/b6-5-. The predicted octanol–water partition coefficient (Wildman–Crippen LogP) is 1.02.